The van der Waals surface area contributed by atoms with Crippen molar-refractivity contribution in [2.45, 2.75) is 6.10 Å². The Morgan fingerprint density at radius 3 is 2.73 bits per heavy atom. The van der Waals surface area contributed by atoms with Crippen molar-refractivity contribution < 1.29 is 19.3 Å². The van der Waals surface area contributed by atoms with Crippen LogP contribution in [0.5, 0.6) is 11.5 Å². The Labute approximate surface area is 91.0 Å². The van der Waals surface area contributed by atoms with E-state index in [1.807, 2.05) is 0 Å². The van der Waals surface area contributed by atoms with Crippen molar-refractivity contribution in [3.8, 4) is 11.5 Å². The third-order valence-electron chi connectivity index (χ3n) is 1.97. The van der Waals surface area contributed by atoms with Crippen LogP contribution < -0.4 is 10.5 Å². The Kier molecular flexibility index (Phi) is 3.73. The van der Waals surface area contributed by atoms with Gasteiger partial charge in [-0.15, -0.1) is 0 Å². The van der Waals surface area contributed by atoms with Crippen LogP contribution in [0.1, 0.15) is 11.7 Å². The lowest BCUT2D eigenvalue weighted by Gasteiger charge is -2.14. The molecular formula is C9H11ClFNO3. The van der Waals surface area contributed by atoms with E-state index in [0.29, 0.717) is 0 Å². The number of hydrogen-bond donors (Lipinski definition) is 3. The van der Waals surface area contributed by atoms with Crippen LogP contribution in [-0.4, -0.2) is 23.9 Å². The van der Waals surface area contributed by atoms with Gasteiger partial charge in [0, 0.05) is 12.6 Å². The predicted octanol–water partition coefficient (Wildman–Crippen LogP) is 1.19. The lowest BCUT2D eigenvalue weighted by Crippen LogP contribution is -2.13. The molecule has 0 amide bonds. The van der Waals surface area contributed by atoms with Gasteiger partial charge in [0.05, 0.1) is 18.8 Å². The molecule has 1 aromatic rings. The van der Waals surface area contributed by atoms with Crippen molar-refractivity contribution >= 4 is 11.6 Å². The molecule has 0 aromatic heterocycles. The monoisotopic (exact) mass is 235 g/mol. The average Bonchev–Trinajstić information content (AvgIpc) is 2.23. The number of aliphatic hydroxyl groups excluding tert-OH is 1. The second kappa shape index (κ2) is 4.65. The van der Waals surface area contributed by atoms with Crippen LogP contribution in [0.15, 0.2) is 6.07 Å². The Hall–Kier alpha value is -1.04. The third kappa shape index (κ3) is 2.14. The smallest absolute Gasteiger partial charge is 0.155 e. The molecule has 0 bridgehead atoms. The molecule has 0 saturated carbocycles. The number of hydrogen-bond acceptors (Lipinski definition) is 4. The van der Waals surface area contributed by atoms with E-state index in [9.17, 15) is 14.6 Å². The van der Waals surface area contributed by atoms with Gasteiger partial charge in [-0.05, 0) is 0 Å². The summed E-state index contributed by atoms with van der Waals surface area (Å²) in [6.07, 6.45) is -1.30. The van der Waals surface area contributed by atoms with E-state index < -0.39 is 17.7 Å². The normalized spacial score (nSPS) is 12.6. The quantitative estimate of drug-likeness (QED) is 0.736. The number of phenolic OH excluding ortho intramolecular Hbond substituents is 1. The summed E-state index contributed by atoms with van der Waals surface area (Å²) in [6.45, 7) is -0.215. The molecule has 15 heavy (non-hydrogen) atoms. The van der Waals surface area contributed by atoms with Gasteiger partial charge >= 0.3 is 0 Å². The molecule has 0 spiro atoms. The van der Waals surface area contributed by atoms with Gasteiger partial charge in [0.1, 0.15) is 16.5 Å². The van der Waals surface area contributed by atoms with Crippen LogP contribution in [0.4, 0.5) is 4.39 Å². The van der Waals surface area contributed by atoms with Gasteiger partial charge < -0.3 is 20.7 Å². The summed E-state index contributed by atoms with van der Waals surface area (Å²) < 4.78 is 18.3. The number of aromatic hydroxyl groups is 1. The maximum Gasteiger partial charge on any atom is 0.155 e. The van der Waals surface area contributed by atoms with E-state index >= 15 is 0 Å². The highest BCUT2D eigenvalue weighted by molar-refractivity contribution is 6.32. The summed E-state index contributed by atoms with van der Waals surface area (Å²) >= 11 is 5.61. The summed E-state index contributed by atoms with van der Waals surface area (Å²) in [5, 5.41) is 18.5. The molecule has 0 aliphatic carbocycles. The molecule has 1 rings (SSSR count). The highest BCUT2D eigenvalue weighted by atomic mass is 35.5. The van der Waals surface area contributed by atoms with Gasteiger partial charge in [0.15, 0.2) is 5.82 Å². The van der Waals surface area contributed by atoms with Crippen molar-refractivity contribution in [3.05, 3.63) is 22.5 Å². The first-order chi connectivity index (χ1) is 7.02. The zero-order valence-corrected chi connectivity index (χ0v) is 8.75. The van der Waals surface area contributed by atoms with Gasteiger partial charge in [0.2, 0.25) is 0 Å². The molecule has 6 heteroatoms. The second-order valence-electron chi connectivity index (χ2n) is 2.89. The number of aliphatic hydroxyl groups is 1. The summed E-state index contributed by atoms with van der Waals surface area (Å²) in [6, 6.07) is 1.12. The van der Waals surface area contributed by atoms with Crippen LogP contribution in [0.25, 0.3) is 0 Å². The molecule has 0 aliphatic heterocycles. The first kappa shape index (κ1) is 12.0. The number of rotatable bonds is 3. The van der Waals surface area contributed by atoms with E-state index in [1.165, 1.54) is 7.11 Å². The van der Waals surface area contributed by atoms with Crippen LogP contribution in [-0.2, 0) is 0 Å². The highest BCUT2D eigenvalue weighted by Gasteiger charge is 2.22. The number of methoxy groups -OCH3 is 1. The molecule has 1 aromatic carbocycles. The largest absolute Gasteiger partial charge is 0.507 e. The first-order valence-corrected chi connectivity index (χ1v) is 4.53. The van der Waals surface area contributed by atoms with Crippen molar-refractivity contribution in [2.24, 2.45) is 5.73 Å². The molecule has 0 heterocycles. The standard InChI is InChI=1S/C9H11ClFNO3/c1-15-6-2-4(13)7(5(14)3-12)9(11)8(6)10/h2,5,13-14H,3,12H2,1H3. The molecule has 0 radical (unpaired) electrons. The minimum absolute atomic E-state index is 0.000335. The lowest BCUT2D eigenvalue weighted by molar-refractivity contribution is 0.177. The molecule has 0 fully saturated rings. The van der Waals surface area contributed by atoms with E-state index in [-0.39, 0.29) is 22.9 Å². The minimum atomic E-state index is -1.30. The van der Waals surface area contributed by atoms with E-state index in [1.54, 1.807) is 0 Å². The zero-order valence-electron chi connectivity index (χ0n) is 8.00. The SMILES string of the molecule is COc1cc(O)c(C(O)CN)c(F)c1Cl. The highest BCUT2D eigenvalue weighted by Crippen LogP contribution is 2.38. The van der Waals surface area contributed by atoms with Crippen molar-refractivity contribution in [1.82, 2.24) is 0 Å². The molecule has 84 valence electrons. The summed E-state index contributed by atoms with van der Waals surface area (Å²) in [7, 11) is 1.29. The summed E-state index contributed by atoms with van der Waals surface area (Å²) in [5.74, 6) is -1.36. The summed E-state index contributed by atoms with van der Waals surface area (Å²) in [4.78, 5) is 0. The zero-order chi connectivity index (χ0) is 11.6. The number of benzene rings is 1. The fourth-order valence-electron chi connectivity index (χ4n) is 1.19. The number of phenols is 1. The molecular weight excluding hydrogens is 225 g/mol. The number of ether oxygens (including phenoxy) is 1. The molecule has 4 nitrogen and oxygen atoms in total. The fourth-order valence-corrected chi connectivity index (χ4v) is 1.42. The topological polar surface area (TPSA) is 75.7 Å². The maximum absolute atomic E-state index is 13.6. The Balaban J connectivity index is 3.35. The van der Waals surface area contributed by atoms with Crippen LogP contribution in [0.2, 0.25) is 5.02 Å². The van der Waals surface area contributed by atoms with E-state index in [0.717, 1.165) is 6.07 Å². The van der Waals surface area contributed by atoms with Crippen LogP contribution >= 0.6 is 11.6 Å². The van der Waals surface area contributed by atoms with Crippen molar-refractivity contribution in [2.75, 3.05) is 13.7 Å². The maximum atomic E-state index is 13.6. The van der Waals surface area contributed by atoms with Crippen LogP contribution in [0, 0.1) is 5.82 Å². The molecule has 0 aliphatic rings. The van der Waals surface area contributed by atoms with Gasteiger partial charge in [-0.1, -0.05) is 11.6 Å². The molecule has 1 unspecified atom stereocenters. The summed E-state index contributed by atoms with van der Waals surface area (Å²) in [5.41, 5.74) is 4.84. The van der Waals surface area contributed by atoms with E-state index in [2.05, 4.69) is 0 Å². The Bertz CT molecular complexity index is 373. The number of halogens is 2. The molecule has 0 saturated heterocycles. The van der Waals surface area contributed by atoms with Gasteiger partial charge in [-0.2, -0.15) is 0 Å². The Morgan fingerprint density at radius 2 is 2.27 bits per heavy atom. The van der Waals surface area contributed by atoms with Crippen LogP contribution in [0.3, 0.4) is 0 Å². The van der Waals surface area contributed by atoms with E-state index in [4.69, 9.17) is 22.1 Å². The Morgan fingerprint density at radius 1 is 1.67 bits per heavy atom. The van der Waals surface area contributed by atoms with Crippen molar-refractivity contribution in [1.29, 1.82) is 0 Å². The molecule has 4 N–H and O–H groups in total. The average molecular weight is 236 g/mol. The lowest BCUT2D eigenvalue weighted by atomic mass is 10.1. The van der Waals surface area contributed by atoms with Gasteiger partial charge in [0.25, 0.3) is 0 Å². The fraction of sp³-hybridized carbons (Fsp3) is 0.333. The molecule has 1 atom stereocenters. The number of nitrogens with two attached hydrogens (primary N) is 1. The van der Waals surface area contributed by atoms with Crippen molar-refractivity contribution in [3.63, 3.8) is 0 Å². The predicted molar refractivity (Wildman–Crippen MR) is 53.6 cm³/mol. The third-order valence-corrected chi connectivity index (χ3v) is 2.32. The van der Waals surface area contributed by atoms with Gasteiger partial charge in [-0.25, -0.2) is 4.39 Å². The second-order valence-corrected chi connectivity index (χ2v) is 3.27. The minimum Gasteiger partial charge on any atom is -0.507 e. The van der Waals surface area contributed by atoms with Gasteiger partial charge in [-0.3, -0.25) is 0 Å². The first-order valence-electron chi connectivity index (χ1n) is 4.15.